The average molecular weight is 343 g/mol. The van der Waals surface area contributed by atoms with Crippen molar-refractivity contribution in [1.29, 1.82) is 0 Å². The van der Waals surface area contributed by atoms with Crippen molar-refractivity contribution >= 4 is 0 Å². The molecule has 0 radical (unpaired) electrons. The van der Waals surface area contributed by atoms with E-state index in [0.29, 0.717) is 12.8 Å². The first-order valence-corrected chi connectivity index (χ1v) is 9.27. The molecule has 3 aromatic rings. The summed E-state index contributed by atoms with van der Waals surface area (Å²) in [5, 5.41) is 11.7. The molecule has 26 heavy (non-hydrogen) atoms. The van der Waals surface area contributed by atoms with Crippen LogP contribution < -0.4 is 0 Å². The largest absolute Gasteiger partial charge is 0.385 e. The van der Waals surface area contributed by atoms with Crippen LogP contribution in [0.3, 0.4) is 0 Å². The van der Waals surface area contributed by atoms with Gasteiger partial charge in [0.2, 0.25) is 0 Å². The highest BCUT2D eigenvalue weighted by Gasteiger charge is 2.44. The summed E-state index contributed by atoms with van der Waals surface area (Å²) in [6, 6.07) is 31.5. The predicted molar refractivity (Wildman–Crippen MR) is 106 cm³/mol. The normalized spacial score (nSPS) is 26.5. The fourth-order valence-corrected chi connectivity index (χ4v) is 4.27. The van der Waals surface area contributed by atoms with E-state index in [-0.39, 0.29) is 12.1 Å². The Hall–Kier alpha value is -2.42. The highest BCUT2D eigenvalue weighted by Crippen LogP contribution is 2.49. The molecule has 1 heterocycles. The van der Waals surface area contributed by atoms with Crippen LogP contribution in [0.4, 0.5) is 0 Å². The van der Waals surface area contributed by atoms with Crippen LogP contribution in [-0.2, 0) is 5.60 Å². The zero-order valence-corrected chi connectivity index (χ0v) is 15.1. The second-order valence-electron chi connectivity index (χ2n) is 7.32. The van der Waals surface area contributed by atoms with E-state index in [1.54, 1.807) is 0 Å². The zero-order chi connectivity index (χ0) is 18.0. The van der Waals surface area contributed by atoms with E-state index in [0.717, 1.165) is 5.56 Å². The highest BCUT2D eigenvalue weighted by molar-refractivity contribution is 5.30. The topological polar surface area (TPSA) is 23.5 Å². The van der Waals surface area contributed by atoms with Crippen LogP contribution in [0.15, 0.2) is 91.0 Å². The summed E-state index contributed by atoms with van der Waals surface area (Å²) in [5.74, 6) is 0. The standard InChI is InChI=1S/C24H25NO/c1-25-22(19-11-5-2-6-12-19)17-24(26,21-15-9-4-10-16-21)18-23(25)20-13-7-3-8-14-20/h2-16,22-23,26H,17-18H2,1H3. The number of likely N-dealkylation sites (tertiary alicyclic amines) is 1. The Bertz CT molecular complexity index is 782. The molecule has 1 aliphatic heterocycles. The maximum atomic E-state index is 11.7. The third-order valence-corrected chi connectivity index (χ3v) is 5.73. The third-order valence-electron chi connectivity index (χ3n) is 5.73. The lowest BCUT2D eigenvalue weighted by molar-refractivity contribution is -0.0739. The Balaban J connectivity index is 1.78. The highest BCUT2D eigenvalue weighted by atomic mass is 16.3. The first kappa shape index (κ1) is 17.0. The summed E-state index contributed by atoms with van der Waals surface area (Å²) in [7, 11) is 2.18. The minimum atomic E-state index is -0.839. The number of piperidine rings is 1. The van der Waals surface area contributed by atoms with Gasteiger partial charge in [0.25, 0.3) is 0 Å². The van der Waals surface area contributed by atoms with E-state index in [2.05, 4.69) is 72.6 Å². The molecule has 1 fully saturated rings. The summed E-state index contributed by atoms with van der Waals surface area (Å²) < 4.78 is 0. The summed E-state index contributed by atoms with van der Waals surface area (Å²) in [4.78, 5) is 2.42. The maximum Gasteiger partial charge on any atom is 0.0933 e. The Morgan fingerprint density at radius 1 is 0.692 bits per heavy atom. The van der Waals surface area contributed by atoms with Gasteiger partial charge >= 0.3 is 0 Å². The quantitative estimate of drug-likeness (QED) is 0.716. The van der Waals surface area contributed by atoms with Crippen LogP contribution in [0.1, 0.15) is 41.6 Å². The van der Waals surface area contributed by atoms with Crippen molar-refractivity contribution in [2.24, 2.45) is 0 Å². The first-order valence-electron chi connectivity index (χ1n) is 9.27. The fourth-order valence-electron chi connectivity index (χ4n) is 4.27. The summed E-state index contributed by atoms with van der Waals surface area (Å²) in [6.45, 7) is 0. The summed E-state index contributed by atoms with van der Waals surface area (Å²) in [6.07, 6.45) is 1.39. The lowest BCUT2D eigenvalue weighted by Crippen LogP contribution is -2.44. The molecule has 0 bridgehead atoms. The summed E-state index contributed by atoms with van der Waals surface area (Å²) in [5.41, 5.74) is 2.68. The molecular weight excluding hydrogens is 318 g/mol. The summed E-state index contributed by atoms with van der Waals surface area (Å²) >= 11 is 0. The Labute approximate surface area is 155 Å². The molecule has 1 N–H and O–H groups in total. The Kier molecular flexibility index (Phi) is 4.62. The van der Waals surface area contributed by atoms with Gasteiger partial charge in [0.15, 0.2) is 0 Å². The molecule has 1 saturated heterocycles. The third kappa shape index (κ3) is 3.18. The van der Waals surface area contributed by atoms with E-state index in [4.69, 9.17) is 0 Å². The van der Waals surface area contributed by atoms with Crippen molar-refractivity contribution in [3.05, 3.63) is 108 Å². The molecule has 0 aromatic heterocycles. The number of benzene rings is 3. The second-order valence-corrected chi connectivity index (χ2v) is 7.32. The lowest BCUT2D eigenvalue weighted by atomic mass is 9.74. The van der Waals surface area contributed by atoms with E-state index in [1.165, 1.54) is 11.1 Å². The van der Waals surface area contributed by atoms with Crippen LogP contribution in [0.2, 0.25) is 0 Å². The SMILES string of the molecule is CN1C(c2ccccc2)CC(O)(c2ccccc2)CC1c1ccccc1. The molecule has 2 nitrogen and oxygen atoms in total. The molecular formula is C24H25NO. The van der Waals surface area contributed by atoms with Crippen LogP contribution in [0.5, 0.6) is 0 Å². The van der Waals surface area contributed by atoms with Crippen LogP contribution in [0.25, 0.3) is 0 Å². The van der Waals surface area contributed by atoms with Crippen molar-refractivity contribution in [3.8, 4) is 0 Å². The molecule has 0 amide bonds. The molecule has 132 valence electrons. The van der Waals surface area contributed by atoms with Crippen LogP contribution in [-0.4, -0.2) is 17.1 Å². The molecule has 2 unspecified atom stereocenters. The number of rotatable bonds is 3. The van der Waals surface area contributed by atoms with E-state index >= 15 is 0 Å². The Morgan fingerprint density at radius 2 is 1.08 bits per heavy atom. The van der Waals surface area contributed by atoms with Gasteiger partial charge in [-0.3, -0.25) is 4.90 Å². The number of hydrogen-bond acceptors (Lipinski definition) is 2. The zero-order valence-electron chi connectivity index (χ0n) is 15.1. The van der Waals surface area contributed by atoms with Gasteiger partial charge < -0.3 is 5.11 Å². The number of nitrogens with zero attached hydrogens (tertiary/aromatic N) is 1. The van der Waals surface area contributed by atoms with Gasteiger partial charge in [-0.1, -0.05) is 91.0 Å². The van der Waals surface area contributed by atoms with Crippen molar-refractivity contribution in [2.45, 2.75) is 30.5 Å². The van der Waals surface area contributed by atoms with Gasteiger partial charge in [-0.05, 0) is 23.7 Å². The molecule has 2 atom stereocenters. The van der Waals surface area contributed by atoms with Gasteiger partial charge in [0.05, 0.1) is 5.60 Å². The van der Waals surface area contributed by atoms with E-state index in [1.807, 2.05) is 30.3 Å². The minimum absolute atomic E-state index is 0.167. The maximum absolute atomic E-state index is 11.7. The number of aliphatic hydroxyl groups is 1. The molecule has 2 heteroatoms. The van der Waals surface area contributed by atoms with Gasteiger partial charge in [-0.25, -0.2) is 0 Å². The molecule has 3 aromatic carbocycles. The van der Waals surface area contributed by atoms with Crippen molar-refractivity contribution in [2.75, 3.05) is 7.05 Å². The number of hydrogen-bond donors (Lipinski definition) is 1. The van der Waals surface area contributed by atoms with Crippen molar-refractivity contribution in [3.63, 3.8) is 0 Å². The predicted octanol–water partition coefficient (Wildman–Crippen LogP) is 5.08. The molecule has 0 spiro atoms. The lowest BCUT2D eigenvalue weighted by Gasteiger charge is -2.48. The molecule has 0 saturated carbocycles. The smallest absolute Gasteiger partial charge is 0.0933 e. The fraction of sp³-hybridized carbons (Fsp3) is 0.250. The van der Waals surface area contributed by atoms with Gasteiger partial charge in [0, 0.05) is 24.9 Å². The minimum Gasteiger partial charge on any atom is -0.385 e. The van der Waals surface area contributed by atoms with Crippen LogP contribution >= 0.6 is 0 Å². The van der Waals surface area contributed by atoms with Gasteiger partial charge in [-0.15, -0.1) is 0 Å². The molecule has 4 rings (SSSR count). The van der Waals surface area contributed by atoms with Crippen LogP contribution in [0, 0.1) is 0 Å². The molecule has 0 aliphatic carbocycles. The van der Waals surface area contributed by atoms with Gasteiger partial charge in [-0.2, -0.15) is 0 Å². The van der Waals surface area contributed by atoms with E-state index in [9.17, 15) is 5.11 Å². The first-order chi connectivity index (χ1) is 12.7. The van der Waals surface area contributed by atoms with Crippen molar-refractivity contribution in [1.82, 2.24) is 4.90 Å². The Morgan fingerprint density at radius 3 is 1.50 bits per heavy atom. The monoisotopic (exact) mass is 343 g/mol. The second kappa shape index (κ2) is 7.06. The van der Waals surface area contributed by atoms with E-state index < -0.39 is 5.60 Å². The van der Waals surface area contributed by atoms with Gasteiger partial charge in [0.1, 0.15) is 0 Å². The van der Waals surface area contributed by atoms with Crippen molar-refractivity contribution < 1.29 is 5.11 Å². The molecule has 1 aliphatic rings. The average Bonchev–Trinajstić information content (AvgIpc) is 2.71.